The molecule has 0 spiro atoms. The van der Waals surface area contributed by atoms with Crippen LogP contribution in [0.5, 0.6) is 0 Å². The highest BCUT2D eigenvalue weighted by Crippen LogP contribution is 2.37. The number of hydrogen-bond acceptors (Lipinski definition) is 2. The lowest BCUT2D eigenvalue weighted by Gasteiger charge is -2.18. The summed E-state index contributed by atoms with van der Waals surface area (Å²) in [4.78, 5) is 25.6. The molecule has 0 bridgehead atoms. The van der Waals surface area contributed by atoms with Crippen molar-refractivity contribution >= 4 is 27.7 Å². The van der Waals surface area contributed by atoms with Crippen molar-refractivity contribution in [2.45, 2.75) is 32.2 Å². The normalized spacial score (nSPS) is 14.2. The largest absolute Gasteiger partial charge is 0.355 e. The molecule has 5 nitrogen and oxygen atoms in total. The Balaban J connectivity index is 2.01. The van der Waals surface area contributed by atoms with Gasteiger partial charge in [-0.2, -0.15) is 0 Å². The van der Waals surface area contributed by atoms with Crippen LogP contribution in [0.2, 0.25) is 0 Å². The molecule has 110 valence electrons. The van der Waals surface area contributed by atoms with Crippen LogP contribution in [0.1, 0.15) is 42.7 Å². The molecule has 2 rings (SSSR count). The average Bonchev–Trinajstić information content (AvgIpc) is 3.18. The van der Waals surface area contributed by atoms with Crippen LogP contribution in [0.4, 0.5) is 0 Å². The second-order valence-electron chi connectivity index (χ2n) is 5.19. The van der Waals surface area contributed by atoms with Crippen molar-refractivity contribution in [3.63, 3.8) is 0 Å². The molecule has 1 fully saturated rings. The molecule has 1 aromatic heterocycles. The smallest absolute Gasteiger partial charge is 0.270 e. The van der Waals surface area contributed by atoms with E-state index in [2.05, 4.69) is 21.2 Å². The Labute approximate surface area is 127 Å². The predicted octanol–water partition coefficient (Wildman–Crippen LogP) is 2.18. The lowest BCUT2D eigenvalue weighted by molar-refractivity contribution is -0.121. The fraction of sp³-hybridized carbons (Fsp3) is 0.571. The summed E-state index contributed by atoms with van der Waals surface area (Å²) in [6.45, 7) is 2.73. The number of nitrogens with one attached hydrogen (secondary N) is 1. The molecule has 0 saturated heterocycles. The van der Waals surface area contributed by atoms with Crippen LogP contribution < -0.4 is 5.32 Å². The van der Waals surface area contributed by atoms with E-state index in [4.69, 9.17) is 0 Å². The van der Waals surface area contributed by atoms with Crippen LogP contribution in [0.15, 0.2) is 16.7 Å². The summed E-state index contributed by atoms with van der Waals surface area (Å²) >= 11 is 3.41. The van der Waals surface area contributed by atoms with Crippen molar-refractivity contribution in [2.24, 2.45) is 0 Å². The predicted molar refractivity (Wildman–Crippen MR) is 80.7 cm³/mol. The van der Waals surface area contributed by atoms with Crippen molar-refractivity contribution in [1.29, 1.82) is 0 Å². The van der Waals surface area contributed by atoms with E-state index in [1.165, 1.54) is 4.90 Å². The zero-order valence-electron chi connectivity index (χ0n) is 11.9. The van der Waals surface area contributed by atoms with Crippen molar-refractivity contribution in [1.82, 2.24) is 14.8 Å². The lowest BCUT2D eigenvalue weighted by atomic mass is 10.3. The van der Waals surface area contributed by atoms with Crippen molar-refractivity contribution < 1.29 is 9.59 Å². The first-order chi connectivity index (χ1) is 9.52. The van der Waals surface area contributed by atoms with Gasteiger partial charge in [0, 0.05) is 30.3 Å². The zero-order chi connectivity index (χ0) is 14.7. The Morgan fingerprint density at radius 3 is 2.80 bits per heavy atom. The van der Waals surface area contributed by atoms with E-state index in [1.807, 2.05) is 23.8 Å². The van der Waals surface area contributed by atoms with Gasteiger partial charge < -0.3 is 14.8 Å². The Bertz CT molecular complexity index is 509. The summed E-state index contributed by atoms with van der Waals surface area (Å²) in [7, 11) is 1.66. The molecule has 0 aromatic carbocycles. The van der Waals surface area contributed by atoms with Crippen LogP contribution in [-0.4, -0.2) is 41.4 Å². The monoisotopic (exact) mass is 341 g/mol. The molecular formula is C14H20BrN3O2. The first-order valence-corrected chi connectivity index (χ1v) is 7.71. The molecule has 1 N–H and O–H groups in total. The Hall–Kier alpha value is -1.30. The number of aromatic nitrogens is 1. The Morgan fingerprint density at radius 1 is 1.50 bits per heavy atom. The highest BCUT2D eigenvalue weighted by atomic mass is 79.9. The molecule has 1 aliphatic rings. The molecule has 0 radical (unpaired) electrons. The Morgan fingerprint density at radius 2 is 2.20 bits per heavy atom. The molecule has 20 heavy (non-hydrogen) atoms. The van der Waals surface area contributed by atoms with Crippen LogP contribution in [0.3, 0.4) is 0 Å². The van der Waals surface area contributed by atoms with Gasteiger partial charge in [0.1, 0.15) is 5.69 Å². The second-order valence-corrected chi connectivity index (χ2v) is 6.11. The first-order valence-electron chi connectivity index (χ1n) is 6.92. The molecule has 1 heterocycles. The molecule has 1 aliphatic carbocycles. The summed E-state index contributed by atoms with van der Waals surface area (Å²) < 4.78 is 2.91. The van der Waals surface area contributed by atoms with Gasteiger partial charge in [-0.25, -0.2) is 0 Å². The van der Waals surface area contributed by atoms with Crippen molar-refractivity contribution in [2.75, 3.05) is 20.1 Å². The third-order valence-corrected chi connectivity index (χ3v) is 3.71. The molecular weight excluding hydrogens is 322 g/mol. The minimum absolute atomic E-state index is 0.0896. The summed E-state index contributed by atoms with van der Waals surface area (Å²) in [5.74, 6) is -0.236. The van der Waals surface area contributed by atoms with Crippen LogP contribution in [-0.2, 0) is 4.79 Å². The van der Waals surface area contributed by atoms with Gasteiger partial charge in [-0.05, 0) is 41.3 Å². The first kappa shape index (κ1) is 15.1. The van der Waals surface area contributed by atoms with Gasteiger partial charge in [0.2, 0.25) is 5.91 Å². The van der Waals surface area contributed by atoms with E-state index >= 15 is 0 Å². The minimum atomic E-state index is -0.119. The number of carbonyl (C=O) groups is 2. The van der Waals surface area contributed by atoms with E-state index in [1.54, 1.807) is 7.05 Å². The number of rotatable bonds is 6. The topological polar surface area (TPSA) is 54.3 Å². The van der Waals surface area contributed by atoms with Crippen molar-refractivity contribution in [3.8, 4) is 0 Å². The average molecular weight is 342 g/mol. The maximum absolute atomic E-state index is 12.4. The van der Waals surface area contributed by atoms with Gasteiger partial charge in [0.25, 0.3) is 5.91 Å². The number of carbonyl (C=O) groups excluding carboxylic acids is 2. The second kappa shape index (κ2) is 6.43. The van der Waals surface area contributed by atoms with E-state index in [0.29, 0.717) is 18.3 Å². The van der Waals surface area contributed by atoms with Crippen molar-refractivity contribution in [3.05, 3.63) is 22.4 Å². The SMILES string of the molecule is CCCNC(=O)CN(C)C(=O)c1cc(Br)cn1C1CC1. The number of amides is 2. The summed E-state index contributed by atoms with van der Waals surface area (Å²) in [6.07, 6.45) is 5.06. The van der Waals surface area contributed by atoms with Gasteiger partial charge in [0.15, 0.2) is 0 Å². The van der Waals surface area contributed by atoms with Crippen LogP contribution in [0.25, 0.3) is 0 Å². The molecule has 2 amide bonds. The standard InChI is InChI=1S/C14H20BrN3O2/c1-3-6-16-13(19)9-17(2)14(20)12-7-10(15)8-18(12)11-4-5-11/h7-8,11H,3-6,9H2,1-2H3,(H,16,19). The summed E-state index contributed by atoms with van der Waals surface area (Å²) in [5, 5.41) is 2.78. The molecule has 0 atom stereocenters. The van der Waals surface area contributed by atoms with Gasteiger partial charge >= 0.3 is 0 Å². The number of hydrogen-bond donors (Lipinski definition) is 1. The number of halogens is 1. The quantitative estimate of drug-likeness (QED) is 0.862. The zero-order valence-corrected chi connectivity index (χ0v) is 13.4. The number of nitrogens with zero attached hydrogens (tertiary/aromatic N) is 2. The van der Waals surface area contributed by atoms with Gasteiger partial charge in [-0.1, -0.05) is 6.92 Å². The third kappa shape index (κ3) is 3.62. The summed E-state index contributed by atoms with van der Waals surface area (Å²) in [6, 6.07) is 2.25. The Kier molecular flexibility index (Phi) is 4.86. The van der Waals surface area contributed by atoms with E-state index < -0.39 is 0 Å². The molecule has 0 aliphatic heterocycles. The van der Waals surface area contributed by atoms with Crippen LogP contribution >= 0.6 is 15.9 Å². The van der Waals surface area contributed by atoms with Gasteiger partial charge in [-0.3, -0.25) is 9.59 Å². The van der Waals surface area contributed by atoms with E-state index in [0.717, 1.165) is 23.7 Å². The third-order valence-electron chi connectivity index (χ3n) is 3.27. The summed E-state index contributed by atoms with van der Waals surface area (Å²) in [5.41, 5.74) is 0.644. The maximum Gasteiger partial charge on any atom is 0.270 e. The fourth-order valence-electron chi connectivity index (χ4n) is 2.07. The van der Waals surface area contributed by atoms with Gasteiger partial charge in [-0.15, -0.1) is 0 Å². The van der Waals surface area contributed by atoms with E-state index in [9.17, 15) is 9.59 Å². The molecule has 0 unspecified atom stereocenters. The lowest BCUT2D eigenvalue weighted by Crippen LogP contribution is -2.39. The van der Waals surface area contributed by atoms with Crippen LogP contribution in [0, 0.1) is 0 Å². The number of likely N-dealkylation sites (N-methyl/N-ethyl adjacent to an activating group) is 1. The minimum Gasteiger partial charge on any atom is -0.355 e. The molecule has 6 heteroatoms. The van der Waals surface area contributed by atoms with Gasteiger partial charge in [0.05, 0.1) is 6.54 Å². The van der Waals surface area contributed by atoms with E-state index in [-0.39, 0.29) is 18.4 Å². The highest BCUT2D eigenvalue weighted by Gasteiger charge is 2.29. The molecule has 1 aromatic rings. The molecule has 1 saturated carbocycles. The maximum atomic E-state index is 12.4. The highest BCUT2D eigenvalue weighted by molar-refractivity contribution is 9.10. The fourth-order valence-corrected chi connectivity index (χ4v) is 2.51.